The van der Waals surface area contributed by atoms with Crippen molar-refractivity contribution >= 4 is 0 Å². The molecule has 2 atom stereocenters. The van der Waals surface area contributed by atoms with Crippen LogP contribution in [0.15, 0.2) is 23.3 Å². The van der Waals surface area contributed by atoms with Gasteiger partial charge in [-0.15, -0.1) is 0 Å². The molecule has 2 unspecified atom stereocenters. The van der Waals surface area contributed by atoms with Gasteiger partial charge in [0.1, 0.15) is 11.9 Å². The average molecular weight is 293 g/mol. The Morgan fingerprint density at radius 3 is 2.45 bits per heavy atom. The molecule has 1 aromatic rings. The van der Waals surface area contributed by atoms with Gasteiger partial charge in [0.25, 0.3) is 0 Å². The van der Waals surface area contributed by atoms with Gasteiger partial charge >= 0.3 is 6.18 Å². The zero-order chi connectivity index (χ0) is 15.3. The van der Waals surface area contributed by atoms with Crippen LogP contribution >= 0.6 is 0 Å². The molecule has 20 heavy (non-hydrogen) atoms. The third-order valence-electron chi connectivity index (χ3n) is 2.59. The van der Waals surface area contributed by atoms with Crippen LogP contribution in [0.3, 0.4) is 0 Å². The molecule has 0 heterocycles. The van der Waals surface area contributed by atoms with Crippen molar-refractivity contribution in [3.8, 4) is 0 Å². The van der Waals surface area contributed by atoms with Gasteiger partial charge < -0.3 is 10.2 Å². The van der Waals surface area contributed by atoms with Crippen molar-refractivity contribution in [1.29, 1.82) is 0 Å². The standard InChI is InChI=1S/C11H11F4N3O2/c12-8-5-6(1-2-7(8)11(13,14)15)10(20)9(19)3-4-17-18-16/h1-2,5,9-10,19-20H,3-4H2. The van der Waals surface area contributed by atoms with Crippen molar-refractivity contribution in [3.05, 3.63) is 45.6 Å². The number of nitrogens with zero attached hydrogens (tertiary/aromatic N) is 3. The first-order chi connectivity index (χ1) is 9.27. The Hall–Kier alpha value is -1.83. The van der Waals surface area contributed by atoms with Crippen molar-refractivity contribution in [2.75, 3.05) is 6.54 Å². The Morgan fingerprint density at radius 1 is 1.30 bits per heavy atom. The maximum absolute atomic E-state index is 13.3. The number of benzene rings is 1. The second-order valence-corrected chi connectivity index (χ2v) is 3.99. The molecule has 2 N–H and O–H groups in total. The summed E-state index contributed by atoms with van der Waals surface area (Å²) in [6.07, 6.45) is -7.88. The van der Waals surface area contributed by atoms with Crippen LogP contribution in [0, 0.1) is 5.82 Å². The summed E-state index contributed by atoms with van der Waals surface area (Å²) in [4.78, 5) is 2.44. The van der Waals surface area contributed by atoms with Gasteiger partial charge in [-0.25, -0.2) is 4.39 Å². The maximum Gasteiger partial charge on any atom is 0.419 e. The summed E-state index contributed by atoms with van der Waals surface area (Å²) in [5, 5.41) is 22.4. The molecule has 0 aromatic heterocycles. The van der Waals surface area contributed by atoms with Gasteiger partial charge in [-0.3, -0.25) is 0 Å². The normalized spacial score (nSPS) is 14.5. The van der Waals surface area contributed by atoms with E-state index in [2.05, 4.69) is 10.0 Å². The predicted octanol–water partition coefficient (Wildman–Crippen LogP) is 2.94. The second-order valence-electron chi connectivity index (χ2n) is 3.99. The van der Waals surface area contributed by atoms with Gasteiger partial charge in [0.2, 0.25) is 0 Å². The minimum absolute atomic E-state index is 0.0994. The molecule has 0 saturated carbocycles. The smallest absolute Gasteiger partial charge is 0.390 e. The first kappa shape index (κ1) is 16.2. The van der Waals surface area contributed by atoms with Gasteiger partial charge in [0, 0.05) is 11.5 Å². The Bertz CT molecular complexity index is 515. The molecule has 0 bridgehead atoms. The van der Waals surface area contributed by atoms with Crippen LogP contribution in [0.25, 0.3) is 10.4 Å². The van der Waals surface area contributed by atoms with Crippen LogP contribution in [0.4, 0.5) is 17.6 Å². The lowest BCUT2D eigenvalue weighted by Gasteiger charge is -2.18. The van der Waals surface area contributed by atoms with Crippen LogP contribution in [0.5, 0.6) is 0 Å². The summed E-state index contributed by atoms with van der Waals surface area (Å²) >= 11 is 0. The highest BCUT2D eigenvalue weighted by Crippen LogP contribution is 2.33. The molecular weight excluding hydrogens is 282 g/mol. The van der Waals surface area contributed by atoms with Crippen molar-refractivity contribution in [2.24, 2.45) is 5.11 Å². The van der Waals surface area contributed by atoms with Crippen molar-refractivity contribution in [1.82, 2.24) is 0 Å². The van der Waals surface area contributed by atoms with E-state index >= 15 is 0 Å². The number of hydrogen-bond acceptors (Lipinski definition) is 3. The van der Waals surface area contributed by atoms with Gasteiger partial charge in [0.05, 0.1) is 11.7 Å². The molecule has 0 radical (unpaired) electrons. The fourth-order valence-electron chi connectivity index (χ4n) is 1.56. The number of aliphatic hydroxyl groups is 2. The molecule has 5 nitrogen and oxygen atoms in total. The first-order valence-electron chi connectivity index (χ1n) is 5.51. The van der Waals surface area contributed by atoms with E-state index in [9.17, 15) is 27.8 Å². The molecule has 0 aliphatic heterocycles. The monoisotopic (exact) mass is 293 g/mol. The molecule has 0 saturated heterocycles. The summed E-state index contributed by atoms with van der Waals surface area (Å²) in [6, 6.07) is 1.89. The molecule has 0 amide bonds. The third-order valence-corrected chi connectivity index (χ3v) is 2.59. The highest BCUT2D eigenvalue weighted by molar-refractivity contribution is 5.28. The van der Waals surface area contributed by atoms with E-state index in [1.54, 1.807) is 0 Å². The van der Waals surface area contributed by atoms with E-state index in [1.165, 1.54) is 0 Å². The summed E-state index contributed by atoms with van der Waals surface area (Å²) in [7, 11) is 0. The lowest BCUT2D eigenvalue weighted by Crippen LogP contribution is -2.20. The van der Waals surface area contributed by atoms with E-state index < -0.39 is 29.8 Å². The Labute approximate surface area is 111 Å². The Kier molecular flexibility index (Phi) is 5.32. The zero-order valence-corrected chi connectivity index (χ0v) is 10.0. The fourth-order valence-corrected chi connectivity index (χ4v) is 1.56. The van der Waals surface area contributed by atoms with Gasteiger partial charge in [-0.2, -0.15) is 13.2 Å². The summed E-state index contributed by atoms with van der Waals surface area (Å²) < 4.78 is 50.3. The predicted molar refractivity (Wildman–Crippen MR) is 61.0 cm³/mol. The minimum atomic E-state index is -4.83. The van der Waals surface area contributed by atoms with E-state index in [0.29, 0.717) is 12.1 Å². The molecule has 0 spiro atoms. The fraction of sp³-hybridized carbons (Fsp3) is 0.455. The molecule has 110 valence electrons. The summed E-state index contributed by atoms with van der Waals surface area (Å²) in [6.45, 7) is -0.0994. The molecule has 0 fully saturated rings. The Balaban J connectivity index is 2.87. The van der Waals surface area contributed by atoms with Crippen LogP contribution in [0.1, 0.15) is 23.7 Å². The lowest BCUT2D eigenvalue weighted by molar-refractivity contribution is -0.140. The number of hydrogen-bond donors (Lipinski definition) is 2. The van der Waals surface area contributed by atoms with E-state index in [-0.39, 0.29) is 18.5 Å². The van der Waals surface area contributed by atoms with E-state index in [1.807, 2.05) is 0 Å². The third kappa shape index (κ3) is 4.09. The van der Waals surface area contributed by atoms with Crippen molar-refractivity contribution < 1.29 is 27.8 Å². The maximum atomic E-state index is 13.3. The van der Waals surface area contributed by atoms with Crippen LogP contribution in [0.2, 0.25) is 0 Å². The molecule has 0 aliphatic rings. The lowest BCUT2D eigenvalue weighted by atomic mass is 10.0. The number of azide groups is 1. The minimum Gasteiger partial charge on any atom is -0.390 e. The van der Waals surface area contributed by atoms with Gasteiger partial charge in [-0.1, -0.05) is 11.2 Å². The summed E-state index contributed by atoms with van der Waals surface area (Å²) in [5.41, 5.74) is 6.40. The van der Waals surface area contributed by atoms with E-state index in [0.717, 1.165) is 6.07 Å². The summed E-state index contributed by atoms with van der Waals surface area (Å²) in [5.74, 6) is -1.53. The van der Waals surface area contributed by atoms with Gasteiger partial charge in [-0.05, 0) is 29.6 Å². The number of rotatable bonds is 5. The number of alkyl halides is 3. The molecule has 1 aromatic carbocycles. The quantitative estimate of drug-likeness (QED) is 0.378. The van der Waals surface area contributed by atoms with Crippen LogP contribution in [-0.4, -0.2) is 22.9 Å². The zero-order valence-electron chi connectivity index (χ0n) is 10.0. The average Bonchev–Trinajstić information content (AvgIpc) is 2.36. The van der Waals surface area contributed by atoms with Crippen LogP contribution in [-0.2, 0) is 6.18 Å². The largest absolute Gasteiger partial charge is 0.419 e. The topological polar surface area (TPSA) is 89.2 Å². The van der Waals surface area contributed by atoms with E-state index in [4.69, 9.17) is 5.53 Å². The molecule has 9 heteroatoms. The van der Waals surface area contributed by atoms with Crippen molar-refractivity contribution in [3.63, 3.8) is 0 Å². The highest BCUT2D eigenvalue weighted by Gasteiger charge is 2.34. The molecule has 0 aliphatic carbocycles. The molecular formula is C11H11F4N3O2. The first-order valence-corrected chi connectivity index (χ1v) is 5.51. The highest BCUT2D eigenvalue weighted by atomic mass is 19.4. The number of halogens is 4. The van der Waals surface area contributed by atoms with Crippen LogP contribution < -0.4 is 0 Å². The SMILES string of the molecule is [N-]=[N+]=NCCC(O)C(O)c1ccc(C(F)(F)F)c(F)c1. The molecule has 1 rings (SSSR count). The Morgan fingerprint density at radius 2 is 1.95 bits per heavy atom. The number of aliphatic hydroxyl groups excluding tert-OH is 2. The second kappa shape index (κ2) is 6.56. The van der Waals surface area contributed by atoms with Crippen molar-refractivity contribution in [2.45, 2.75) is 24.8 Å². The van der Waals surface area contributed by atoms with Gasteiger partial charge in [0.15, 0.2) is 0 Å².